The summed E-state index contributed by atoms with van der Waals surface area (Å²) in [6, 6.07) is 14.5. The second-order valence-corrected chi connectivity index (χ2v) is 6.64. The third-order valence-corrected chi connectivity index (χ3v) is 4.72. The van der Waals surface area contributed by atoms with Gasteiger partial charge in [-0.3, -0.25) is 0 Å². The number of nitrogens with one attached hydrogen (secondary N) is 1. The molecule has 0 spiro atoms. The zero-order valence-corrected chi connectivity index (χ0v) is 14.6. The highest BCUT2D eigenvalue weighted by atomic mass is 79.9. The molecule has 21 heavy (non-hydrogen) atoms. The maximum Gasteiger partial charge on any atom is 0.0636 e. The molecule has 2 aromatic carbocycles. The van der Waals surface area contributed by atoms with Crippen molar-refractivity contribution < 1.29 is 0 Å². The normalized spacial score (nSPS) is 12.5. The summed E-state index contributed by atoms with van der Waals surface area (Å²) in [7, 11) is 0. The van der Waals surface area contributed by atoms with Gasteiger partial charge in [-0.2, -0.15) is 0 Å². The van der Waals surface area contributed by atoms with E-state index in [0.717, 1.165) is 10.2 Å². The number of rotatable bonds is 5. The zero-order valence-electron chi connectivity index (χ0n) is 12.2. The van der Waals surface area contributed by atoms with Gasteiger partial charge in [-0.15, -0.1) is 0 Å². The van der Waals surface area contributed by atoms with Crippen LogP contribution < -0.4 is 11.1 Å². The van der Waals surface area contributed by atoms with Gasteiger partial charge in [-0.1, -0.05) is 49.7 Å². The number of hydrogen-bond acceptors (Lipinski definition) is 2. The molecule has 0 aromatic heterocycles. The van der Waals surface area contributed by atoms with Crippen LogP contribution in [0, 0.1) is 0 Å². The van der Waals surface area contributed by atoms with E-state index in [1.807, 2.05) is 18.2 Å². The van der Waals surface area contributed by atoms with Crippen molar-refractivity contribution in [2.45, 2.75) is 25.8 Å². The molecule has 0 amide bonds. The van der Waals surface area contributed by atoms with E-state index < -0.39 is 0 Å². The van der Waals surface area contributed by atoms with Crippen LogP contribution in [0.3, 0.4) is 0 Å². The molecule has 0 aliphatic rings. The van der Waals surface area contributed by atoms with Crippen LogP contribution in [-0.4, -0.2) is 6.54 Å². The Balaban J connectivity index is 2.17. The summed E-state index contributed by atoms with van der Waals surface area (Å²) in [5.74, 6) is 0.538. The Morgan fingerprint density at radius 3 is 2.24 bits per heavy atom. The summed E-state index contributed by atoms with van der Waals surface area (Å²) < 4.78 is 0.875. The SMILES string of the molecule is CC(C)c1ccc(C(CN)Nc2ccc(Cl)c(Br)c2)cc1. The molecule has 2 rings (SSSR count). The molecule has 2 aromatic rings. The maximum absolute atomic E-state index is 6.02. The van der Waals surface area contributed by atoms with Crippen LogP contribution in [0.25, 0.3) is 0 Å². The van der Waals surface area contributed by atoms with Crippen LogP contribution in [0.5, 0.6) is 0 Å². The molecule has 4 heteroatoms. The number of nitrogens with two attached hydrogens (primary N) is 1. The first-order valence-corrected chi connectivity index (χ1v) is 8.20. The van der Waals surface area contributed by atoms with Crippen LogP contribution in [0.1, 0.15) is 36.9 Å². The number of halogens is 2. The van der Waals surface area contributed by atoms with Gasteiger partial charge >= 0.3 is 0 Å². The smallest absolute Gasteiger partial charge is 0.0636 e. The Kier molecular flexibility index (Phi) is 5.68. The average Bonchev–Trinajstić information content (AvgIpc) is 2.48. The molecule has 0 fully saturated rings. The highest BCUT2D eigenvalue weighted by Crippen LogP contribution is 2.28. The van der Waals surface area contributed by atoms with Gasteiger partial charge in [0.15, 0.2) is 0 Å². The molecule has 0 saturated heterocycles. The molecule has 1 unspecified atom stereocenters. The van der Waals surface area contributed by atoms with Gasteiger partial charge in [-0.05, 0) is 51.2 Å². The first kappa shape index (κ1) is 16.3. The van der Waals surface area contributed by atoms with E-state index in [9.17, 15) is 0 Å². The standard InChI is InChI=1S/C17H20BrClN2/c1-11(2)12-3-5-13(6-4-12)17(10-20)21-14-7-8-16(19)15(18)9-14/h3-9,11,17,21H,10,20H2,1-2H3. The first-order chi connectivity index (χ1) is 10.0. The van der Waals surface area contributed by atoms with Gasteiger partial charge < -0.3 is 11.1 Å². The summed E-state index contributed by atoms with van der Waals surface area (Å²) in [5.41, 5.74) is 9.44. The van der Waals surface area contributed by atoms with Gasteiger partial charge in [0.2, 0.25) is 0 Å². The van der Waals surface area contributed by atoms with E-state index in [2.05, 4.69) is 59.4 Å². The lowest BCUT2D eigenvalue weighted by Crippen LogP contribution is -2.20. The van der Waals surface area contributed by atoms with Crippen LogP contribution in [-0.2, 0) is 0 Å². The Morgan fingerprint density at radius 1 is 1.10 bits per heavy atom. The number of anilines is 1. The Bertz CT molecular complexity index is 596. The van der Waals surface area contributed by atoms with Gasteiger partial charge in [0.25, 0.3) is 0 Å². The van der Waals surface area contributed by atoms with E-state index in [0.29, 0.717) is 17.5 Å². The van der Waals surface area contributed by atoms with Crippen LogP contribution in [0.4, 0.5) is 5.69 Å². The Hall–Kier alpha value is -1.03. The quantitative estimate of drug-likeness (QED) is 0.748. The van der Waals surface area contributed by atoms with Crippen LogP contribution in [0.2, 0.25) is 5.02 Å². The fourth-order valence-electron chi connectivity index (χ4n) is 2.18. The van der Waals surface area contributed by atoms with E-state index >= 15 is 0 Å². The molecular weight excluding hydrogens is 348 g/mol. The number of benzene rings is 2. The fraction of sp³-hybridized carbons (Fsp3) is 0.294. The van der Waals surface area contributed by atoms with Crippen molar-refractivity contribution in [1.29, 1.82) is 0 Å². The topological polar surface area (TPSA) is 38.0 Å². The first-order valence-electron chi connectivity index (χ1n) is 7.02. The predicted molar refractivity (Wildman–Crippen MR) is 95.1 cm³/mol. The van der Waals surface area contributed by atoms with Crippen molar-refractivity contribution in [3.63, 3.8) is 0 Å². The lowest BCUT2D eigenvalue weighted by atomic mass is 9.99. The van der Waals surface area contributed by atoms with Gasteiger partial charge in [-0.25, -0.2) is 0 Å². The molecule has 2 nitrogen and oxygen atoms in total. The molecule has 0 bridgehead atoms. The highest BCUT2D eigenvalue weighted by molar-refractivity contribution is 9.10. The van der Waals surface area contributed by atoms with Crippen LogP contribution in [0.15, 0.2) is 46.9 Å². The zero-order chi connectivity index (χ0) is 15.4. The van der Waals surface area contributed by atoms with E-state index in [1.54, 1.807) is 0 Å². The molecule has 0 radical (unpaired) electrons. The summed E-state index contributed by atoms with van der Waals surface area (Å²) >= 11 is 9.45. The average molecular weight is 368 g/mol. The molecule has 112 valence electrons. The van der Waals surface area contributed by atoms with Crippen molar-refractivity contribution in [3.05, 3.63) is 63.1 Å². The van der Waals surface area contributed by atoms with Gasteiger partial charge in [0.05, 0.1) is 11.1 Å². The third kappa shape index (κ3) is 4.22. The van der Waals surface area contributed by atoms with Crippen molar-refractivity contribution in [1.82, 2.24) is 0 Å². The minimum Gasteiger partial charge on any atom is -0.377 e. The third-order valence-electron chi connectivity index (χ3n) is 3.50. The van der Waals surface area contributed by atoms with Crippen molar-refractivity contribution in [3.8, 4) is 0 Å². The Morgan fingerprint density at radius 2 is 1.71 bits per heavy atom. The highest BCUT2D eigenvalue weighted by Gasteiger charge is 2.11. The summed E-state index contributed by atoms with van der Waals surface area (Å²) in [4.78, 5) is 0. The van der Waals surface area contributed by atoms with Gasteiger partial charge in [0.1, 0.15) is 0 Å². The van der Waals surface area contributed by atoms with Crippen molar-refractivity contribution in [2.24, 2.45) is 5.73 Å². The van der Waals surface area contributed by atoms with E-state index in [-0.39, 0.29) is 6.04 Å². The van der Waals surface area contributed by atoms with E-state index in [1.165, 1.54) is 11.1 Å². The predicted octanol–water partition coefficient (Wildman–Crippen LogP) is 5.34. The summed E-state index contributed by atoms with van der Waals surface area (Å²) in [6.45, 7) is 4.92. The second-order valence-electron chi connectivity index (χ2n) is 5.38. The summed E-state index contributed by atoms with van der Waals surface area (Å²) in [6.07, 6.45) is 0. The van der Waals surface area contributed by atoms with Crippen LogP contribution >= 0.6 is 27.5 Å². The second kappa shape index (κ2) is 7.30. The lowest BCUT2D eigenvalue weighted by molar-refractivity contribution is 0.786. The number of hydrogen-bond donors (Lipinski definition) is 2. The molecule has 0 heterocycles. The fourth-order valence-corrected chi connectivity index (χ4v) is 2.67. The maximum atomic E-state index is 6.02. The van der Waals surface area contributed by atoms with Gasteiger partial charge in [0, 0.05) is 16.7 Å². The molecular formula is C17H20BrClN2. The molecule has 1 atom stereocenters. The van der Waals surface area contributed by atoms with E-state index in [4.69, 9.17) is 17.3 Å². The molecule has 0 saturated carbocycles. The van der Waals surface area contributed by atoms with Crippen molar-refractivity contribution in [2.75, 3.05) is 11.9 Å². The summed E-state index contributed by atoms with van der Waals surface area (Å²) in [5, 5.41) is 4.15. The molecule has 0 aliphatic heterocycles. The monoisotopic (exact) mass is 366 g/mol. The minimum atomic E-state index is 0.0827. The minimum absolute atomic E-state index is 0.0827. The molecule has 3 N–H and O–H groups in total. The Labute approximate surface area is 139 Å². The van der Waals surface area contributed by atoms with Crippen molar-refractivity contribution >= 4 is 33.2 Å². The largest absolute Gasteiger partial charge is 0.377 e. The molecule has 0 aliphatic carbocycles. The lowest BCUT2D eigenvalue weighted by Gasteiger charge is -2.20.